The van der Waals surface area contributed by atoms with Crippen LogP contribution in [0.2, 0.25) is 0 Å². The van der Waals surface area contributed by atoms with Gasteiger partial charge < -0.3 is 14.4 Å². The van der Waals surface area contributed by atoms with Gasteiger partial charge >= 0.3 is 0 Å². The molecule has 3 aromatic heterocycles. The Morgan fingerprint density at radius 3 is 2.81 bits per heavy atom. The second-order valence-electron chi connectivity index (χ2n) is 6.31. The first-order chi connectivity index (χ1) is 12.8. The van der Waals surface area contributed by atoms with Gasteiger partial charge in [0.05, 0.1) is 0 Å². The summed E-state index contributed by atoms with van der Waals surface area (Å²) in [5, 5.41) is 7.90. The second kappa shape index (κ2) is 7.11. The summed E-state index contributed by atoms with van der Waals surface area (Å²) in [5.74, 6) is 2.83. The summed E-state index contributed by atoms with van der Waals surface area (Å²) in [4.78, 5) is 25.2. The van der Waals surface area contributed by atoms with E-state index in [9.17, 15) is 4.79 Å². The van der Waals surface area contributed by atoms with Gasteiger partial charge in [-0.15, -0.1) is 10.2 Å². The highest BCUT2D eigenvalue weighted by atomic mass is 16.2. The minimum Gasteiger partial charge on any atom is -0.354 e. The predicted molar refractivity (Wildman–Crippen MR) is 95.8 cm³/mol. The van der Waals surface area contributed by atoms with Gasteiger partial charge in [0, 0.05) is 64.2 Å². The molecule has 1 aliphatic rings. The number of hydrogen-bond donors (Lipinski definition) is 0. The predicted octanol–water partition coefficient (Wildman–Crippen LogP) is 0.622. The van der Waals surface area contributed by atoms with Crippen LogP contribution in [0.5, 0.6) is 0 Å². The first-order valence-electron chi connectivity index (χ1n) is 8.93. The maximum atomic E-state index is 12.5. The van der Waals surface area contributed by atoms with Crippen molar-refractivity contribution in [2.75, 3.05) is 31.1 Å². The smallest absolute Gasteiger partial charge is 0.256 e. The largest absolute Gasteiger partial charge is 0.354 e. The number of anilines is 1. The number of piperazine rings is 1. The number of aryl methyl sites for hydroxylation is 2. The molecule has 1 amide bonds. The molecule has 136 valence electrons. The number of hydrogen-bond acceptors (Lipinski definition) is 6. The molecule has 3 aromatic rings. The van der Waals surface area contributed by atoms with Crippen molar-refractivity contribution in [2.45, 2.75) is 26.3 Å². The van der Waals surface area contributed by atoms with Crippen LogP contribution in [0.3, 0.4) is 0 Å². The molecule has 0 bridgehead atoms. The fraction of sp³-hybridized carbons (Fsp3) is 0.471. The van der Waals surface area contributed by atoms with Gasteiger partial charge in [0.25, 0.3) is 5.78 Å². The molecule has 4 heterocycles. The fourth-order valence-corrected chi connectivity index (χ4v) is 3.40. The van der Waals surface area contributed by atoms with E-state index in [-0.39, 0.29) is 5.91 Å². The minimum absolute atomic E-state index is 0.199. The zero-order valence-corrected chi connectivity index (χ0v) is 14.8. The first-order valence-corrected chi connectivity index (χ1v) is 8.93. The van der Waals surface area contributed by atoms with Gasteiger partial charge in [-0.3, -0.25) is 9.20 Å². The Balaban J connectivity index is 1.34. The lowest BCUT2D eigenvalue weighted by atomic mass is 10.2. The molecule has 9 heteroatoms. The third kappa shape index (κ3) is 3.12. The van der Waals surface area contributed by atoms with E-state index >= 15 is 0 Å². The molecule has 0 aromatic carbocycles. The summed E-state index contributed by atoms with van der Waals surface area (Å²) in [7, 11) is 0. The zero-order chi connectivity index (χ0) is 17.9. The molecule has 26 heavy (non-hydrogen) atoms. The molecule has 0 saturated carbocycles. The van der Waals surface area contributed by atoms with Crippen LogP contribution in [-0.4, -0.2) is 66.1 Å². The lowest BCUT2D eigenvalue weighted by molar-refractivity contribution is -0.131. The molecule has 4 rings (SSSR count). The van der Waals surface area contributed by atoms with Crippen LogP contribution in [0.15, 0.2) is 31.0 Å². The Bertz CT molecular complexity index is 893. The molecule has 0 unspecified atom stereocenters. The summed E-state index contributed by atoms with van der Waals surface area (Å²) in [6, 6.07) is 1.96. The van der Waals surface area contributed by atoms with E-state index in [1.807, 2.05) is 21.6 Å². The topological polar surface area (TPSA) is 84.5 Å². The average Bonchev–Trinajstić information content (AvgIpc) is 3.34. The molecule has 1 aliphatic heterocycles. The molecule has 0 spiro atoms. The van der Waals surface area contributed by atoms with E-state index < -0.39 is 0 Å². The van der Waals surface area contributed by atoms with Gasteiger partial charge in [-0.05, 0) is 6.07 Å². The Morgan fingerprint density at radius 2 is 2.00 bits per heavy atom. The summed E-state index contributed by atoms with van der Waals surface area (Å²) in [5.41, 5.74) is 0. The summed E-state index contributed by atoms with van der Waals surface area (Å²) >= 11 is 0. The lowest BCUT2D eigenvalue weighted by Crippen LogP contribution is -2.49. The highest BCUT2D eigenvalue weighted by Gasteiger charge is 2.22. The van der Waals surface area contributed by atoms with E-state index in [1.54, 1.807) is 18.7 Å². The van der Waals surface area contributed by atoms with Crippen molar-refractivity contribution >= 4 is 17.5 Å². The number of imidazole rings is 1. The monoisotopic (exact) mass is 354 g/mol. The van der Waals surface area contributed by atoms with E-state index in [1.165, 1.54) is 0 Å². The van der Waals surface area contributed by atoms with E-state index in [4.69, 9.17) is 0 Å². The average molecular weight is 354 g/mol. The van der Waals surface area contributed by atoms with Crippen LogP contribution in [0.1, 0.15) is 19.2 Å². The van der Waals surface area contributed by atoms with E-state index in [2.05, 4.69) is 36.6 Å². The van der Waals surface area contributed by atoms with Gasteiger partial charge in [-0.1, -0.05) is 6.92 Å². The van der Waals surface area contributed by atoms with Gasteiger partial charge in [0.15, 0.2) is 0 Å². The number of aromatic nitrogens is 6. The lowest BCUT2D eigenvalue weighted by Gasteiger charge is -2.36. The third-order valence-corrected chi connectivity index (χ3v) is 4.83. The van der Waals surface area contributed by atoms with Gasteiger partial charge in [-0.2, -0.15) is 0 Å². The Kier molecular flexibility index (Phi) is 4.51. The number of nitrogens with zero attached hydrogens (tertiary/aromatic N) is 8. The van der Waals surface area contributed by atoms with Crippen LogP contribution in [0.25, 0.3) is 5.78 Å². The van der Waals surface area contributed by atoms with Crippen LogP contribution in [-0.2, 0) is 17.8 Å². The molecule has 1 saturated heterocycles. The number of rotatable bonds is 5. The Hall–Kier alpha value is -2.97. The van der Waals surface area contributed by atoms with Crippen molar-refractivity contribution in [3.05, 3.63) is 36.8 Å². The molecule has 0 atom stereocenters. The number of amides is 1. The number of fused-ring (bicyclic) bond motifs is 1. The normalized spacial score (nSPS) is 15.0. The van der Waals surface area contributed by atoms with Crippen molar-refractivity contribution in [1.82, 2.24) is 34.0 Å². The van der Waals surface area contributed by atoms with Crippen molar-refractivity contribution < 1.29 is 4.79 Å². The summed E-state index contributed by atoms with van der Waals surface area (Å²) in [6.07, 6.45) is 8.54. The quantitative estimate of drug-likeness (QED) is 0.668. The highest BCUT2D eigenvalue weighted by Crippen LogP contribution is 2.17. The summed E-state index contributed by atoms with van der Waals surface area (Å²) in [6.45, 7) is 5.77. The molecular weight excluding hydrogens is 332 g/mol. The zero-order valence-electron chi connectivity index (χ0n) is 14.8. The maximum absolute atomic E-state index is 12.5. The third-order valence-electron chi connectivity index (χ3n) is 4.83. The van der Waals surface area contributed by atoms with Crippen LogP contribution < -0.4 is 4.90 Å². The molecule has 0 radical (unpaired) electrons. The molecule has 0 N–H and O–H groups in total. The SMILES string of the molecule is CCc1nccn1CCC(=O)N1CCN(c2ccnc3nncn23)CC1. The van der Waals surface area contributed by atoms with Crippen molar-refractivity contribution in [2.24, 2.45) is 0 Å². The van der Waals surface area contributed by atoms with Gasteiger partial charge in [0.2, 0.25) is 5.91 Å². The second-order valence-corrected chi connectivity index (χ2v) is 6.31. The van der Waals surface area contributed by atoms with Crippen LogP contribution in [0.4, 0.5) is 5.82 Å². The van der Waals surface area contributed by atoms with Crippen molar-refractivity contribution in [3.63, 3.8) is 0 Å². The summed E-state index contributed by atoms with van der Waals surface area (Å²) < 4.78 is 3.94. The first kappa shape index (κ1) is 16.5. The number of carbonyl (C=O) groups excluding carboxylic acids is 1. The van der Waals surface area contributed by atoms with Crippen LogP contribution >= 0.6 is 0 Å². The van der Waals surface area contributed by atoms with Gasteiger partial charge in [-0.25, -0.2) is 9.97 Å². The van der Waals surface area contributed by atoms with E-state index in [0.717, 1.165) is 44.2 Å². The van der Waals surface area contributed by atoms with Crippen molar-refractivity contribution in [1.29, 1.82) is 0 Å². The standard InChI is InChI=1S/C17H22N8O/c1-2-14-18-6-8-22(14)7-4-16(26)24-11-9-23(10-12-24)15-3-5-19-17-21-20-13-25(15)17/h3,5-6,8,13H,2,4,7,9-12H2,1H3. The maximum Gasteiger partial charge on any atom is 0.256 e. The molecular formula is C17H22N8O. The Morgan fingerprint density at radius 1 is 1.15 bits per heavy atom. The molecule has 1 fully saturated rings. The van der Waals surface area contributed by atoms with Crippen LogP contribution in [0, 0.1) is 0 Å². The highest BCUT2D eigenvalue weighted by molar-refractivity contribution is 5.76. The van der Waals surface area contributed by atoms with E-state index in [0.29, 0.717) is 18.7 Å². The number of carbonyl (C=O) groups is 1. The molecule has 0 aliphatic carbocycles. The van der Waals surface area contributed by atoms with Crippen molar-refractivity contribution in [3.8, 4) is 0 Å². The van der Waals surface area contributed by atoms with Gasteiger partial charge in [0.1, 0.15) is 18.0 Å². The Labute approximate surface area is 151 Å². The minimum atomic E-state index is 0.199. The fourth-order valence-electron chi connectivity index (χ4n) is 3.40. The molecule has 9 nitrogen and oxygen atoms in total.